The summed E-state index contributed by atoms with van der Waals surface area (Å²) in [6, 6.07) is -0.633. The molecule has 0 radical (unpaired) electrons. The standard InChI is InChI=1S/C14H22N2O5/c1-8(7-17)11(13(20)21-14(3,4)5)16-6-10(12(16)19)15-9(2)18/h10,17H,6-7H2,1-5H3,(H,15,18). The van der Waals surface area contributed by atoms with Crippen molar-refractivity contribution in [3.63, 3.8) is 0 Å². The van der Waals surface area contributed by atoms with E-state index in [1.54, 1.807) is 27.7 Å². The lowest BCUT2D eigenvalue weighted by atomic mass is 10.0. The minimum absolute atomic E-state index is 0.0408. The molecule has 21 heavy (non-hydrogen) atoms. The van der Waals surface area contributed by atoms with Gasteiger partial charge < -0.3 is 20.1 Å². The van der Waals surface area contributed by atoms with E-state index in [1.165, 1.54) is 11.8 Å². The average molecular weight is 298 g/mol. The van der Waals surface area contributed by atoms with Crippen molar-refractivity contribution in [3.8, 4) is 0 Å². The quantitative estimate of drug-likeness (QED) is 0.431. The molecule has 0 spiro atoms. The van der Waals surface area contributed by atoms with E-state index >= 15 is 0 Å². The maximum atomic E-state index is 12.2. The summed E-state index contributed by atoms with van der Waals surface area (Å²) in [7, 11) is 0. The topological polar surface area (TPSA) is 95.9 Å². The molecule has 1 atom stereocenters. The number of aliphatic hydroxyl groups excluding tert-OH is 1. The number of nitrogens with one attached hydrogen (secondary N) is 1. The molecule has 1 aliphatic rings. The van der Waals surface area contributed by atoms with Crippen LogP contribution in [0.5, 0.6) is 0 Å². The van der Waals surface area contributed by atoms with Crippen LogP contribution in [0.1, 0.15) is 34.6 Å². The third kappa shape index (κ3) is 4.29. The van der Waals surface area contributed by atoms with Gasteiger partial charge in [-0.05, 0) is 33.3 Å². The van der Waals surface area contributed by atoms with E-state index in [-0.39, 0.29) is 30.7 Å². The molecule has 0 bridgehead atoms. The molecule has 2 N–H and O–H groups in total. The van der Waals surface area contributed by atoms with Crippen LogP contribution in [0.3, 0.4) is 0 Å². The summed E-state index contributed by atoms with van der Waals surface area (Å²) in [5.74, 6) is -1.36. The summed E-state index contributed by atoms with van der Waals surface area (Å²) in [6.45, 7) is 7.85. The molecule has 1 fully saturated rings. The molecule has 7 heteroatoms. The van der Waals surface area contributed by atoms with Gasteiger partial charge >= 0.3 is 5.97 Å². The highest BCUT2D eigenvalue weighted by Crippen LogP contribution is 2.23. The molecule has 7 nitrogen and oxygen atoms in total. The van der Waals surface area contributed by atoms with Crippen LogP contribution >= 0.6 is 0 Å². The second-order valence-corrected chi connectivity index (χ2v) is 5.99. The average Bonchev–Trinajstić information content (AvgIpc) is 2.33. The maximum absolute atomic E-state index is 12.2. The number of esters is 1. The van der Waals surface area contributed by atoms with Crippen molar-refractivity contribution in [3.05, 3.63) is 11.3 Å². The number of nitrogens with zero attached hydrogens (tertiary/aromatic N) is 1. The van der Waals surface area contributed by atoms with Crippen LogP contribution in [0.2, 0.25) is 0 Å². The maximum Gasteiger partial charge on any atom is 0.355 e. The fraction of sp³-hybridized carbons (Fsp3) is 0.643. The summed E-state index contributed by atoms with van der Waals surface area (Å²) in [4.78, 5) is 36.4. The Balaban J connectivity index is 2.91. The summed E-state index contributed by atoms with van der Waals surface area (Å²) < 4.78 is 5.26. The first kappa shape index (κ1) is 17.2. The van der Waals surface area contributed by atoms with Crippen LogP contribution in [0.15, 0.2) is 11.3 Å². The van der Waals surface area contributed by atoms with Gasteiger partial charge in [0.1, 0.15) is 17.3 Å². The van der Waals surface area contributed by atoms with E-state index < -0.39 is 17.6 Å². The zero-order valence-electron chi connectivity index (χ0n) is 13.0. The van der Waals surface area contributed by atoms with E-state index in [4.69, 9.17) is 4.74 Å². The highest BCUT2D eigenvalue weighted by atomic mass is 16.6. The van der Waals surface area contributed by atoms with Crippen molar-refractivity contribution >= 4 is 17.8 Å². The highest BCUT2D eigenvalue weighted by Gasteiger charge is 2.42. The molecule has 118 valence electrons. The van der Waals surface area contributed by atoms with Gasteiger partial charge in [0, 0.05) is 6.92 Å². The van der Waals surface area contributed by atoms with E-state index in [0.29, 0.717) is 5.57 Å². The number of amides is 2. The first-order valence-electron chi connectivity index (χ1n) is 6.69. The van der Waals surface area contributed by atoms with Gasteiger partial charge in [0.2, 0.25) is 5.91 Å². The summed E-state index contributed by atoms with van der Waals surface area (Å²) >= 11 is 0. The lowest BCUT2D eigenvalue weighted by molar-refractivity contribution is -0.157. The van der Waals surface area contributed by atoms with E-state index in [0.717, 1.165) is 0 Å². The van der Waals surface area contributed by atoms with Crippen molar-refractivity contribution in [2.75, 3.05) is 13.2 Å². The van der Waals surface area contributed by atoms with Crippen LogP contribution in [-0.4, -0.2) is 52.6 Å². The molecule has 0 aromatic carbocycles. The Morgan fingerprint density at radius 1 is 1.38 bits per heavy atom. The van der Waals surface area contributed by atoms with E-state index in [9.17, 15) is 19.5 Å². The molecule has 1 heterocycles. The molecule has 1 unspecified atom stereocenters. The predicted octanol–water partition coefficient (Wildman–Crippen LogP) is -0.0587. The number of aliphatic hydroxyl groups is 1. The van der Waals surface area contributed by atoms with Crippen molar-refractivity contribution < 1.29 is 24.2 Å². The minimum Gasteiger partial charge on any atom is -0.455 e. The Hall–Kier alpha value is -1.89. The Kier molecular flexibility index (Phi) is 5.11. The highest BCUT2D eigenvalue weighted by molar-refractivity contribution is 6.00. The lowest BCUT2D eigenvalue weighted by Gasteiger charge is -2.40. The number of ether oxygens (including phenoxy) is 1. The molecular weight excluding hydrogens is 276 g/mol. The van der Waals surface area contributed by atoms with Crippen molar-refractivity contribution in [2.45, 2.75) is 46.3 Å². The second kappa shape index (κ2) is 6.26. The summed E-state index contributed by atoms with van der Waals surface area (Å²) in [5.41, 5.74) is -0.318. The Labute approximate surface area is 123 Å². The molecule has 2 amide bonds. The van der Waals surface area contributed by atoms with Crippen LogP contribution in [0, 0.1) is 0 Å². The number of likely N-dealkylation sites (tertiary alicyclic amines) is 1. The van der Waals surface area contributed by atoms with Crippen molar-refractivity contribution in [2.24, 2.45) is 0 Å². The van der Waals surface area contributed by atoms with Crippen LogP contribution in [0.25, 0.3) is 0 Å². The first-order valence-corrected chi connectivity index (χ1v) is 6.69. The zero-order chi connectivity index (χ0) is 16.4. The van der Waals surface area contributed by atoms with Crippen LogP contribution < -0.4 is 5.32 Å². The third-order valence-corrected chi connectivity index (χ3v) is 2.81. The van der Waals surface area contributed by atoms with Gasteiger partial charge in [-0.3, -0.25) is 9.59 Å². The van der Waals surface area contributed by atoms with Gasteiger partial charge in [-0.2, -0.15) is 0 Å². The lowest BCUT2D eigenvalue weighted by Crippen LogP contribution is -2.64. The third-order valence-electron chi connectivity index (χ3n) is 2.81. The number of hydrogen-bond donors (Lipinski definition) is 2. The molecular formula is C14H22N2O5. The number of hydrogen-bond acceptors (Lipinski definition) is 5. The normalized spacial score (nSPS) is 19.6. The molecule has 0 saturated carbocycles. The molecule has 1 aliphatic heterocycles. The van der Waals surface area contributed by atoms with Crippen molar-refractivity contribution in [1.82, 2.24) is 10.2 Å². The minimum atomic E-state index is -0.705. The van der Waals surface area contributed by atoms with Gasteiger partial charge in [0.05, 0.1) is 13.2 Å². The van der Waals surface area contributed by atoms with E-state index in [2.05, 4.69) is 5.32 Å². The summed E-state index contributed by atoms with van der Waals surface area (Å²) in [6.07, 6.45) is 0. The van der Waals surface area contributed by atoms with Crippen molar-refractivity contribution in [1.29, 1.82) is 0 Å². The molecule has 0 aromatic rings. The number of carbonyl (C=O) groups excluding carboxylic acids is 3. The zero-order valence-corrected chi connectivity index (χ0v) is 13.0. The number of rotatable bonds is 4. The number of carbonyl (C=O) groups is 3. The largest absolute Gasteiger partial charge is 0.455 e. The van der Waals surface area contributed by atoms with Gasteiger partial charge in [0.25, 0.3) is 5.91 Å². The SMILES string of the molecule is CC(=O)NC1CN(C(C(=O)OC(C)(C)C)=C(C)CO)C1=O. The Bertz CT molecular complexity index is 490. The molecule has 0 aromatic heterocycles. The monoisotopic (exact) mass is 298 g/mol. The van der Waals surface area contributed by atoms with Crippen LogP contribution in [0.4, 0.5) is 0 Å². The number of β-lactam (4-membered cyclic amide) rings is 1. The summed E-state index contributed by atoms with van der Waals surface area (Å²) in [5, 5.41) is 11.7. The molecule has 1 saturated heterocycles. The smallest absolute Gasteiger partial charge is 0.355 e. The first-order chi connectivity index (χ1) is 9.56. The van der Waals surface area contributed by atoms with Gasteiger partial charge in [0.15, 0.2) is 0 Å². The Morgan fingerprint density at radius 3 is 2.33 bits per heavy atom. The van der Waals surface area contributed by atoms with E-state index in [1.807, 2.05) is 0 Å². The van der Waals surface area contributed by atoms with Gasteiger partial charge in [-0.1, -0.05) is 0 Å². The van der Waals surface area contributed by atoms with Gasteiger partial charge in [-0.25, -0.2) is 4.79 Å². The fourth-order valence-electron chi connectivity index (χ4n) is 1.90. The predicted molar refractivity (Wildman–Crippen MR) is 74.9 cm³/mol. The molecule has 0 aliphatic carbocycles. The Morgan fingerprint density at radius 2 is 1.95 bits per heavy atom. The van der Waals surface area contributed by atoms with Crippen LogP contribution in [-0.2, 0) is 19.1 Å². The molecule has 1 rings (SSSR count). The van der Waals surface area contributed by atoms with Gasteiger partial charge in [-0.15, -0.1) is 0 Å². The fourth-order valence-corrected chi connectivity index (χ4v) is 1.90. The second-order valence-electron chi connectivity index (χ2n) is 5.99.